The van der Waals surface area contributed by atoms with Crippen LogP contribution >= 0.6 is 12.6 Å². The molecular formula is C10H18OS. The second-order valence-corrected chi connectivity index (χ2v) is 5.91. The Bertz CT molecular complexity index is 210. The predicted octanol–water partition coefficient (Wildman–Crippen LogP) is 2.10. The highest BCUT2D eigenvalue weighted by Gasteiger charge is 2.61. The van der Waals surface area contributed by atoms with Crippen LogP contribution in [0.15, 0.2) is 0 Å². The number of hydrogen-bond acceptors (Lipinski definition) is 2. The van der Waals surface area contributed by atoms with Crippen molar-refractivity contribution in [2.24, 2.45) is 17.3 Å². The normalized spacial score (nSPS) is 56.2. The lowest BCUT2D eigenvalue weighted by molar-refractivity contribution is -0.187. The van der Waals surface area contributed by atoms with Gasteiger partial charge in [0, 0.05) is 5.25 Å². The summed E-state index contributed by atoms with van der Waals surface area (Å²) in [6.45, 7) is 6.51. The molecule has 1 unspecified atom stereocenters. The molecule has 0 aromatic carbocycles. The topological polar surface area (TPSA) is 20.2 Å². The van der Waals surface area contributed by atoms with Crippen molar-refractivity contribution < 1.29 is 5.11 Å². The molecule has 3 fully saturated rings. The maximum Gasteiger partial charge on any atom is 0.0768 e. The van der Waals surface area contributed by atoms with E-state index in [4.69, 9.17) is 0 Å². The molecule has 2 heteroatoms. The Kier molecular flexibility index (Phi) is 1.64. The van der Waals surface area contributed by atoms with Crippen LogP contribution in [-0.2, 0) is 0 Å². The van der Waals surface area contributed by atoms with Crippen LogP contribution in [0.3, 0.4) is 0 Å². The first-order valence-corrected chi connectivity index (χ1v) is 5.29. The molecule has 3 aliphatic carbocycles. The van der Waals surface area contributed by atoms with E-state index in [1.54, 1.807) is 0 Å². The summed E-state index contributed by atoms with van der Waals surface area (Å²) in [6.07, 6.45) is 2.29. The fourth-order valence-electron chi connectivity index (χ4n) is 3.15. The highest BCUT2D eigenvalue weighted by atomic mass is 32.1. The second kappa shape index (κ2) is 2.21. The molecule has 0 aliphatic heterocycles. The quantitative estimate of drug-likeness (QED) is 0.555. The molecule has 3 aliphatic rings. The molecule has 3 rings (SSSR count). The van der Waals surface area contributed by atoms with E-state index in [2.05, 4.69) is 26.5 Å². The van der Waals surface area contributed by atoms with Crippen LogP contribution in [0.2, 0.25) is 0 Å². The molecule has 0 heterocycles. The van der Waals surface area contributed by atoms with Crippen molar-refractivity contribution in [2.45, 2.75) is 44.5 Å². The van der Waals surface area contributed by atoms with Crippen molar-refractivity contribution in [3.05, 3.63) is 0 Å². The summed E-state index contributed by atoms with van der Waals surface area (Å²) in [5.41, 5.74) is -0.190. The fourth-order valence-corrected chi connectivity index (χ4v) is 3.58. The average Bonchev–Trinajstić information content (AvgIpc) is 1.93. The van der Waals surface area contributed by atoms with Gasteiger partial charge in [0.05, 0.1) is 5.60 Å². The maximum atomic E-state index is 10.2. The van der Waals surface area contributed by atoms with E-state index in [0.29, 0.717) is 11.3 Å². The van der Waals surface area contributed by atoms with Gasteiger partial charge in [-0.2, -0.15) is 12.6 Å². The molecular weight excluding hydrogens is 168 g/mol. The van der Waals surface area contributed by atoms with Crippen molar-refractivity contribution in [2.75, 3.05) is 0 Å². The summed E-state index contributed by atoms with van der Waals surface area (Å²) < 4.78 is 0. The Labute approximate surface area is 80.0 Å². The van der Waals surface area contributed by atoms with Crippen LogP contribution in [0.1, 0.15) is 33.6 Å². The van der Waals surface area contributed by atoms with Gasteiger partial charge in [-0.05, 0) is 37.0 Å². The molecule has 1 N–H and O–H groups in total. The summed E-state index contributed by atoms with van der Waals surface area (Å²) in [4.78, 5) is 0. The summed E-state index contributed by atoms with van der Waals surface area (Å²) in [7, 11) is 0. The first-order valence-electron chi connectivity index (χ1n) is 4.77. The van der Waals surface area contributed by atoms with E-state index in [1.165, 1.54) is 6.42 Å². The molecule has 1 nitrogen and oxygen atoms in total. The van der Waals surface area contributed by atoms with Gasteiger partial charge < -0.3 is 5.11 Å². The Morgan fingerprint density at radius 1 is 1.25 bits per heavy atom. The van der Waals surface area contributed by atoms with E-state index in [-0.39, 0.29) is 5.25 Å². The molecule has 12 heavy (non-hydrogen) atoms. The minimum atomic E-state index is -0.540. The molecule has 0 amide bonds. The van der Waals surface area contributed by atoms with Gasteiger partial charge in [0.2, 0.25) is 0 Å². The Hall–Kier alpha value is 0.310. The number of thiol groups is 1. The van der Waals surface area contributed by atoms with Gasteiger partial charge in [0.25, 0.3) is 0 Å². The van der Waals surface area contributed by atoms with Gasteiger partial charge in [0.15, 0.2) is 0 Å². The third-order valence-corrected chi connectivity index (χ3v) is 5.09. The molecule has 3 saturated carbocycles. The third kappa shape index (κ3) is 0.856. The van der Waals surface area contributed by atoms with Gasteiger partial charge in [0.1, 0.15) is 0 Å². The molecule has 2 bridgehead atoms. The molecule has 0 saturated heterocycles. The summed E-state index contributed by atoms with van der Waals surface area (Å²) in [5.74, 6) is 1.26. The van der Waals surface area contributed by atoms with Crippen molar-refractivity contribution in [3.63, 3.8) is 0 Å². The predicted molar refractivity (Wildman–Crippen MR) is 53.4 cm³/mol. The largest absolute Gasteiger partial charge is 0.389 e. The molecule has 4 atom stereocenters. The van der Waals surface area contributed by atoms with Crippen molar-refractivity contribution in [1.82, 2.24) is 0 Å². The monoisotopic (exact) mass is 186 g/mol. The minimum absolute atomic E-state index is 0.189. The fraction of sp³-hybridized carbons (Fsp3) is 1.00. The Balaban J connectivity index is 2.27. The van der Waals surface area contributed by atoms with Crippen LogP contribution in [0.25, 0.3) is 0 Å². The van der Waals surface area contributed by atoms with Gasteiger partial charge in [-0.3, -0.25) is 0 Å². The van der Waals surface area contributed by atoms with E-state index < -0.39 is 5.60 Å². The maximum absolute atomic E-state index is 10.2. The highest BCUT2D eigenvalue weighted by molar-refractivity contribution is 7.81. The molecule has 70 valence electrons. The van der Waals surface area contributed by atoms with E-state index in [1.807, 2.05) is 6.92 Å². The molecule has 0 aromatic heterocycles. The zero-order chi connectivity index (χ0) is 9.15. The van der Waals surface area contributed by atoms with Gasteiger partial charge in [-0.25, -0.2) is 0 Å². The Morgan fingerprint density at radius 2 is 1.83 bits per heavy atom. The summed E-state index contributed by atoms with van der Waals surface area (Å²) in [5, 5.41) is 10.4. The van der Waals surface area contributed by atoms with E-state index in [9.17, 15) is 5.11 Å². The minimum Gasteiger partial charge on any atom is -0.389 e. The van der Waals surface area contributed by atoms with Crippen molar-refractivity contribution in [1.29, 1.82) is 0 Å². The van der Waals surface area contributed by atoms with Crippen LogP contribution in [0, 0.1) is 17.3 Å². The lowest BCUT2D eigenvalue weighted by Crippen LogP contribution is -2.65. The van der Waals surface area contributed by atoms with Gasteiger partial charge >= 0.3 is 0 Å². The number of hydrogen-bond donors (Lipinski definition) is 2. The first-order chi connectivity index (χ1) is 5.37. The van der Waals surface area contributed by atoms with Crippen LogP contribution < -0.4 is 0 Å². The van der Waals surface area contributed by atoms with Gasteiger partial charge in [-0.1, -0.05) is 13.8 Å². The lowest BCUT2D eigenvalue weighted by atomic mass is 9.44. The SMILES string of the molecule is CC1(C)[C@@H]2C[C@H]1C(C)(O)[C@@H](S)C2. The van der Waals surface area contributed by atoms with Crippen molar-refractivity contribution >= 4 is 12.6 Å². The molecule has 0 aromatic rings. The average molecular weight is 186 g/mol. The summed E-state index contributed by atoms with van der Waals surface area (Å²) >= 11 is 4.46. The third-order valence-electron chi connectivity index (χ3n) is 4.36. The second-order valence-electron chi connectivity index (χ2n) is 5.28. The molecule has 0 radical (unpaired) electrons. The number of rotatable bonds is 0. The highest BCUT2D eigenvalue weighted by Crippen LogP contribution is 2.63. The lowest BCUT2D eigenvalue weighted by Gasteiger charge is -2.64. The van der Waals surface area contributed by atoms with Crippen LogP contribution in [0.4, 0.5) is 0 Å². The first kappa shape index (κ1) is 8.89. The van der Waals surface area contributed by atoms with Crippen molar-refractivity contribution in [3.8, 4) is 0 Å². The Morgan fingerprint density at radius 3 is 2.17 bits per heavy atom. The zero-order valence-corrected chi connectivity index (χ0v) is 8.94. The summed E-state index contributed by atoms with van der Waals surface area (Å²) in [6, 6.07) is 0. The van der Waals surface area contributed by atoms with Crippen LogP contribution in [0.5, 0.6) is 0 Å². The number of aliphatic hydroxyl groups is 1. The van der Waals surface area contributed by atoms with Gasteiger partial charge in [-0.15, -0.1) is 0 Å². The molecule has 0 spiro atoms. The van der Waals surface area contributed by atoms with Crippen LogP contribution in [-0.4, -0.2) is 16.0 Å². The number of fused-ring (bicyclic) bond motifs is 2. The van der Waals surface area contributed by atoms with E-state index in [0.717, 1.165) is 12.3 Å². The standard InChI is InChI=1S/C10H18OS/c1-9(2)6-4-7(9)10(3,11)8(12)5-6/h6-8,11-12H,4-5H2,1-3H3/t6-,7-,8+,10?/m1/s1. The zero-order valence-electron chi connectivity index (χ0n) is 8.04. The smallest absolute Gasteiger partial charge is 0.0768 e. The van der Waals surface area contributed by atoms with E-state index >= 15 is 0 Å².